The molecule has 0 spiro atoms. The van der Waals surface area contributed by atoms with E-state index in [0.29, 0.717) is 31.8 Å². The van der Waals surface area contributed by atoms with Crippen LogP contribution in [-0.4, -0.2) is 48.0 Å². The van der Waals surface area contributed by atoms with Gasteiger partial charge in [-0.15, -0.1) is 0 Å². The van der Waals surface area contributed by atoms with Gasteiger partial charge < -0.3 is 9.84 Å². The van der Waals surface area contributed by atoms with Crippen molar-refractivity contribution in [2.24, 2.45) is 0 Å². The maximum Gasteiger partial charge on any atom is 0.0900 e. The molecule has 0 aliphatic carbocycles. The summed E-state index contributed by atoms with van der Waals surface area (Å²) < 4.78 is 6.00. The lowest BCUT2D eigenvalue weighted by Crippen LogP contribution is -2.48. The molecule has 0 bridgehead atoms. The highest BCUT2D eigenvalue weighted by Crippen LogP contribution is 2.25. The molecular weight excluding hydrogens is 334 g/mol. The van der Waals surface area contributed by atoms with Crippen molar-refractivity contribution >= 4 is 0 Å². The third-order valence-electron chi connectivity index (χ3n) is 5.80. The molecule has 146 valence electrons. The number of benzene rings is 2. The second kappa shape index (κ2) is 10.0. The van der Waals surface area contributed by atoms with E-state index in [9.17, 15) is 5.11 Å². The summed E-state index contributed by atoms with van der Waals surface area (Å²) in [6, 6.07) is 22.0. The van der Waals surface area contributed by atoms with Gasteiger partial charge in [-0.2, -0.15) is 0 Å². The summed E-state index contributed by atoms with van der Waals surface area (Å²) in [7, 11) is 0. The van der Waals surface area contributed by atoms with Crippen LogP contribution >= 0.6 is 0 Å². The van der Waals surface area contributed by atoms with Crippen LogP contribution in [0.3, 0.4) is 0 Å². The van der Waals surface area contributed by atoms with Crippen LogP contribution in [0.25, 0.3) is 0 Å². The standard InChI is InChI=1S/C24H33NO2/c1-19-10-9-11-20(2)25(19)16-23(26)17-27-18-24(21-12-5-3-6-13-21)22-14-7-4-8-15-22/h3-8,12-15,19-20,23-24,26H,9-11,16-18H2,1-2H3/t19-,20-,23+/m1/s1. The molecule has 0 amide bonds. The fraction of sp³-hybridized carbons (Fsp3) is 0.500. The average Bonchev–Trinajstić information content (AvgIpc) is 2.69. The highest BCUT2D eigenvalue weighted by molar-refractivity contribution is 5.32. The minimum absolute atomic E-state index is 0.187. The first kappa shape index (κ1) is 20.1. The average molecular weight is 368 g/mol. The van der Waals surface area contributed by atoms with Gasteiger partial charge in [0.2, 0.25) is 0 Å². The molecule has 1 heterocycles. The summed E-state index contributed by atoms with van der Waals surface area (Å²) in [6.07, 6.45) is 3.30. The fourth-order valence-corrected chi connectivity index (χ4v) is 4.21. The Morgan fingerprint density at radius 3 is 1.93 bits per heavy atom. The topological polar surface area (TPSA) is 32.7 Å². The van der Waals surface area contributed by atoms with Gasteiger partial charge in [0.25, 0.3) is 0 Å². The molecule has 3 heteroatoms. The first-order valence-corrected chi connectivity index (χ1v) is 10.3. The van der Waals surface area contributed by atoms with Crippen molar-refractivity contribution in [3.8, 4) is 0 Å². The van der Waals surface area contributed by atoms with Gasteiger partial charge in [-0.05, 0) is 37.8 Å². The maximum absolute atomic E-state index is 10.5. The molecule has 1 aliphatic rings. The lowest BCUT2D eigenvalue weighted by molar-refractivity contribution is -0.0103. The Kier molecular flexibility index (Phi) is 7.45. The second-order valence-corrected chi connectivity index (χ2v) is 7.89. The van der Waals surface area contributed by atoms with E-state index in [1.165, 1.54) is 30.4 Å². The van der Waals surface area contributed by atoms with Gasteiger partial charge >= 0.3 is 0 Å². The first-order chi connectivity index (χ1) is 13.1. The molecule has 27 heavy (non-hydrogen) atoms. The van der Waals surface area contributed by atoms with Gasteiger partial charge in [-0.25, -0.2) is 0 Å². The summed E-state index contributed by atoms with van der Waals surface area (Å²) in [5.41, 5.74) is 2.49. The fourth-order valence-electron chi connectivity index (χ4n) is 4.21. The van der Waals surface area contributed by atoms with Gasteiger partial charge in [0.15, 0.2) is 0 Å². The van der Waals surface area contributed by atoms with E-state index in [0.717, 1.165) is 0 Å². The number of ether oxygens (including phenoxy) is 1. The van der Waals surface area contributed by atoms with Crippen molar-refractivity contribution in [1.82, 2.24) is 4.90 Å². The number of piperidine rings is 1. The van der Waals surface area contributed by atoms with Crippen LogP contribution in [0.2, 0.25) is 0 Å². The predicted octanol–water partition coefficient (Wildman–Crippen LogP) is 4.46. The summed E-state index contributed by atoms with van der Waals surface area (Å²) >= 11 is 0. The zero-order valence-electron chi connectivity index (χ0n) is 16.6. The Balaban J connectivity index is 1.56. The van der Waals surface area contributed by atoms with Gasteiger partial charge in [0.05, 0.1) is 19.3 Å². The second-order valence-electron chi connectivity index (χ2n) is 7.89. The summed E-state index contributed by atoms with van der Waals surface area (Å²) in [6.45, 7) is 6.19. The van der Waals surface area contributed by atoms with Gasteiger partial charge in [-0.1, -0.05) is 67.1 Å². The number of aliphatic hydroxyl groups is 1. The van der Waals surface area contributed by atoms with Crippen LogP contribution in [-0.2, 0) is 4.74 Å². The smallest absolute Gasteiger partial charge is 0.0900 e. The highest BCUT2D eigenvalue weighted by Gasteiger charge is 2.26. The van der Waals surface area contributed by atoms with E-state index in [4.69, 9.17) is 4.74 Å². The van der Waals surface area contributed by atoms with E-state index >= 15 is 0 Å². The van der Waals surface area contributed by atoms with Crippen molar-refractivity contribution in [3.05, 3.63) is 71.8 Å². The Labute approximate surface area is 164 Å². The lowest BCUT2D eigenvalue weighted by atomic mass is 9.92. The largest absolute Gasteiger partial charge is 0.389 e. The maximum atomic E-state index is 10.5. The Morgan fingerprint density at radius 2 is 1.41 bits per heavy atom. The molecule has 3 rings (SSSR count). The van der Waals surface area contributed by atoms with Crippen molar-refractivity contribution in [1.29, 1.82) is 0 Å². The van der Waals surface area contributed by atoms with Gasteiger partial charge in [0.1, 0.15) is 0 Å². The third-order valence-corrected chi connectivity index (χ3v) is 5.80. The normalized spacial score (nSPS) is 22.1. The van der Waals surface area contributed by atoms with E-state index < -0.39 is 6.10 Å². The minimum atomic E-state index is -0.444. The number of β-amino-alcohol motifs (C(OH)–C–C–N with tert-alkyl or cyclic N) is 1. The molecule has 3 nitrogen and oxygen atoms in total. The lowest BCUT2D eigenvalue weighted by Gasteiger charge is -2.40. The van der Waals surface area contributed by atoms with Crippen molar-refractivity contribution in [2.75, 3.05) is 19.8 Å². The first-order valence-electron chi connectivity index (χ1n) is 10.3. The number of rotatable bonds is 8. The molecule has 0 radical (unpaired) electrons. The van der Waals surface area contributed by atoms with Crippen LogP contribution in [0, 0.1) is 0 Å². The van der Waals surface area contributed by atoms with Crippen LogP contribution in [0.1, 0.15) is 50.2 Å². The molecule has 2 aromatic rings. The summed E-state index contributed by atoms with van der Waals surface area (Å²) in [5, 5.41) is 10.5. The molecule has 1 aliphatic heterocycles. The van der Waals surface area contributed by atoms with Crippen LogP contribution < -0.4 is 0 Å². The monoisotopic (exact) mass is 367 g/mol. The molecule has 2 aromatic carbocycles. The molecule has 0 aromatic heterocycles. The van der Waals surface area contributed by atoms with Gasteiger partial charge in [-0.3, -0.25) is 4.90 Å². The number of hydrogen-bond acceptors (Lipinski definition) is 3. The minimum Gasteiger partial charge on any atom is -0.389 e. The van der Waals surface area contributed by atoms with E-state index in [1.54, 1.807) is 0 Å². The third kappa shape index (κ3) is 5.65. The molecule has 1 N–H and O–H groups in total. The summed E-state index contributed by atoms with van der Waals surface area (Å²) in [4.78, 5) is 2.43. The van der Waals surface area contributed by atoms with Gasteiger partial charge in [0, 0.05) is 24.5 Å². The number of nitrogens with zero attached hydrogens (tertiary/aromatic N) is 1. The van der Waals surface area contributed by atoms with E-state index in [1.807, 2.05) is 12.1 Å². The summed E-state index contributed by atoms with van der Waals surface area (Å²) in [5.74, 6) is 0.187. The number of hydrogen-bond donors (Lipinski definition) is 1. The quantitative estimate of drug-likeness (QED) is 0.748. The Hall–Kier alpha value is -1.68. The zero-order chi connectivity index (χ0) is 19.1. The molecule has 1 fully saturated rings. The van der Waals surface area contributed by atoms with E-state index in [2.05, 4.69) is 67.3 Å². The molecule has 0 unspecified atom stereocenters. The van der Waals surface area contributed by atoms with Crippen LogP contribution in [0.5, 0.6) is 0 Å². The zero-order valence-corrected chi connectivity index (χ0v) is 16.6. The van der Waals surface area contributed by atoms with Crippen molar-refractivity contribution in [3.63, 3.8) is 0 Å². The van der Waals surface area contributed by atoms with Crippen molar-refractivity contribution in [2.45, 2.75) is 57.2 Å². The Bertz CT molecular complexity index is 611. The van der Waals surface area contributed by atoms with Crippen molar-refractivity contribution < 1.29 is 9.84 Å². The molecule has 3 atom stereocenters. The number of aliphatic hydroxyl groups excluding tert-OH is 1. The van der Waals surface area contributed by atoms with Crippen LogP contribution in [0.15, 0.2) is 60.7 Å². The van der Waals surface area contributed by atoms with E-state index in [-0.39, 0.29) is 5.92 Å². The predicted molar refractivity (Wildman–Crippen MR) is 111 cm³/mol. The molecule has 1 saturated heterocycles. The number of likely N-dealkylation sites (tertiary alicyclic amines) is 1. The molecular formula is C24H33NO2. The van der Waals surface area contributed by atoms with Crippen LogP contribution in [0.4, 0.5) is 0 Å². The SMILES string of the molecule is C[C@@H]1CCC[C@@H](C)N1C[C@H](O)COCC(c1ccccc1)c1ccccc1. The molecule has 0 saturated carbocycles. The Morgan fingerprint density at radius 1 is 0.889 bits per heavy atom. The highest BCUT2D eigenvalue weighted by atomic mass is 16.5.